The second-order valence-electron chi connectivity index (χ2n) is 6.45. The van der Waals surface area contributed by atoms with Crippen molar-refractivity contribution in [3.8, 4) is 11.3 Å². The molecular formula is C19H19F3N4O. The van der Waals surface area contributed by atoms with E-state index < -0.39 is 11.7 Å². The first kappa shape index (κ1) is 17.9. The summed E-state index contributed by atoms with van der Waals surface area (Å²) in [6.07, 6.45) is -3.30. The van der Waals surface area contributed by atoms with Gasteiger partial charge in [0.2, 0.25) is 0 Å². The van der Waals surface area contributed by atoms with Gasteiger partial charge in [0.25, 0.3) is 0 Å². The highest BCUT2D eigenvalue weighted by Crippen LogP contribution is 2.38. The Bertz CT molecular complexity index is 918. The number of rotatable bonds is 4. The number of fused-ring (bicyclic) bond motifs is 1. The standard InChI is InChI=1S/C19H19F3N4O/c20-19(21,22)15-6-7-23-18-16(15)17(14-4-2-1-3-5-14)26(24-18)9-8-25-10-12-27-13-11-25/h1-7H,8-13H2. The number of ether oxygens (including phenoxy) is 1. The van der Waals surface area contributed by atoms with Gasteiger partial charge in [-0.2, -0.15) is 18.3 Å². The lowest BCUT2D eigenvalue weighted by Gasteiger charge is -2.26. The van der Waals surface area contributed by atoms with Crippen LogP contribution in [0.4, 0.5) is 13.2 Å². The molecule has 0 amide bonds. The maximum absolute atomic E-state index is 13.6. The van der Waals surface area contributed by atoms with Gasteiger partial charge in [0.15, 0.2) is 5.65 Å². The van der Waals surface area contributed by atoms with Gasteiger partial charge in [-0.05, 0) is 6.07 Å². The Labute approximate surface area is 154 Å². The van der Waals surface area contributed by atoms with Crippen LogP contribution < -0.4 is 0 Å². The Morgan fingerprint density at radius 3 is 2.44 bits per heavy atom. The van der Waals surface area contributed by atoms with Crippen LogP contribution >= 0.6 is 0 Å². The molecule has 1 fully saturated rings. The molecule has 0 unspecified atom stereocenters. The van der Waals surface area contributed by atoms with Crippen LogP contribution in [0.1, 0.15) is 5.56 Å². The average molecular weight is 376 g/mol. The first-order valence-corrected chi connectivity index (χ1v) is 8.82. The molecule has 5 nitrogen and oxygen atoms in total. The number of hydrogen-bond donors (Lipinski definition) is 0. The highest BCUT2D eigenvalue weighted by atomic mass is 19.4. The second kappa shape index (κ2) is 7.28. The lowest BCUT2D eigenvalue weighted by molar-refractivity contribution is -0.136. The van der Waals surface area contributed by atoms with Crippen molar-refractivity contribution in [1.82, 2.24) is 19.7 Å². The molecule has 142 valence electrons. The number of hydrogen-bond acceptors (Lipinski definition) is 4. The highest BCUT2D eigenvalue weighted by molar-refractivity contribution is 5.94. The van der Waals surface area contributed by atoms with Gasteiger partial charge in [-0.3, -0.25) is 9.58 Å². The van der Waals surface area contributed by atoms with Gasteiger partial charge in [-0.1, -0.05) is 30.3 Å². The maximum Gasteiger partial charge on any atom is 0.417 e. The quantitative estimate of drug-likeness (QED) is 0.700. The fourth-order valence-corrected chi connectivity index (χ4v) is 3.40. The molecule has 3 heterocycles. The largest absolute Gasteiger partial charge is 0.417 e. The van der Waals surface area contributed by atoms with E-state index in [1.54, 1.807) is 16.8 Å². The topological polar surface area (TPSA) is 43.2 Å². The molecule has 1 aliphatic heterocycles. The molecular weight excluding hydrogens is 357 g/mol. The van der Waals surface area contributed by atoms with E-state index in [0.717, 1.165) is 19.2 Å². The monoisotopic (exact) mass is 376 g/mol. The molecule has 0 radical (unpaired) electrons. The van der Waals surface area contributed by atoms with E-state index in [2.05, 4.69) is 15.0 Å². The van der Waals surface area contributed by atoms with Gasteiger partial charge in [0, 0.05) is 31.4 Å². The van der Waals surface area contributed by atoms with E-state index in [-0.39, 0.29) is 11.0 Å². The Kier molecular flexibility index (Phi) is 4.84. The number of halogens is 3. The summed E-state index contributed by atoms with van der Waals surface area (Å²) < 4.78 is 47.8. The summed E-state index contributed by atoms with van der Waals surface area (Å²) in [5.41, 5.74) is 0.564. The van der Waals surface area contributed by atoms with E-state index in [0.29, 0.717) is 37.6 Å². The average Bonchev–Trinajstić information content (AvgIpc) is 3.05. The van der Waals surface area contributed by atoms with Crippen LogP contribution in [-0.2, 0) is 17.5 Å². The van der Waals surface area contributed by atoms with Crippen molar-refractivity contribution in [2.45, 2.75) is 12.7 Å². The van der Waals surface area contributed by atoms with Crippen LogP contribution in [0.2, 0.25) is 0 Å². The van der Waals surface area contributed by atoms with Crippen LogP contribution in [0.25, 0.3) is 22.3 Å². The minimum absolute atomic E-state index is 0.0539. The van der Waals surface area contributed by atoms with Gasteiger partial charge < -0.3 is 4.74 Å². The fraction of sp³-hybridized carbons (Fsp3) is 0.368. The van der Waals surface area contributed by atoms with Crippen LogP contribution in [0.15, 0.2) is 42.6 Å². The van der Waals surface area contributed by atoms with Crippen LogP contribution in [-0.4, -0.2) is 52.5 Å². The zero-order chi connectivity index (χ0) is 18.9. The smallest absolute Gasteiger partial charge is 0.379 e. The summed E-state index contributed by atoms with van der Waals surface area (Å²) in [5, 5.41) is 4.45. The zero-order valence-electron chi connectivity index (χ0n) is 14.6. The molecule has 0 saturated carbocycles. The van der Waals surface area contributed by atoms with Crippen molar-refractivity contribution in [2.24, 2.45) is 0 Å². The van der Waals surface area contributed by atoms with Crippen molar-refractivity contribution in [3.05, 3.63) is 48.2 Å². The van der Waals surface area contributed by atoms with E-state index >= 15 is 0 Å². The molecule has 2 aromatic heterocycles. The van der Waals surface area contributed by atoms with Gasteiger partial charge >= 0.3 is 6.18 Å². The molecule has 0 aliphatic carbocycles. The molecule has 0 bridgehead atoms. The van der Waals surface area contributed by atoms with Crippen LogP contribution in [0.5, 0.6) is 0 Å². The van der Waals surface area contributed by atoms with Gasteiger partial charge in [0.05, 0.1) is 36.4 Å². The summed E-state index contributed by atoms with van der Waals surface area (Å²) in [6, 6.07) is 10.1. The predicted molar refractivity (Wildman–Crippen MR) is 95.2 cm³/mol. The lowest BCUT2D eigenvalue weighted by Crippen LogP contribution is -2.38. The van der Waals surface area contributed by atoms with E-state index in [4.69, 9.17) is 4.74 Å². The van der Waals surface area contributed by atoms with Crippen molar-refractivity contribution in [3.63, 3.8) is 0 Å². The Morgan fingerprint density at radius 2 is 1.74 bits per heavy atom. The van der Waals surface area contributed by atoms with Crippen molar-refractivity contribution < 1.29 is 17.9 Å². The number of nitrogens with zero attached hydrogens (tertiary/aromatic N) is 4. The Morgan fingerprint density at radius 1 is 1.00 bits per heavy atom. The molecule has 27 heavy (non-hydrogen) atoms. The molecule has 4 rings (SSSR count). The second-order valence-corrected chi connectivity index (χ2v) is 6.45. The highest BCUT2D eigenvalue weighted by Gasteiger charge is 2.35. The van der Waals surface area contributed by atoms with Gasteiger partial charge in [0.1, 0.15) is 0 Å². The summed E-state index contributed by atoms with van der Waals surface area (Å²) in [4.78, 5) is 6.32. The van der Waals surface area contributed by atoms with Crippen molar-refractivity contribution >= 4 is 11.0 Å². The molecule has 3 aromatic rings. The molecule has 1 aliphatic rings. The van der Waals surface area contributed by atoms with Gasteiger partial charge in [-0.15, -0.1) is 0 Å². The normalized spacial score (nSPS) is 16.1. The predicted octanol–water partition coefficient (Wildman–Crippen LogP) is 3.45. The number of morpholine rings is 1. The third-order valence-electron chi connectivity index (χ3n) is 4.73. The molecule has 1 saturated heterocycles. The van der Waals surface area contributed by atoms with Gasteiger partial charge in [-0.25, -0.2) is 4.98 Å². The molecule has 0 N–H and O–H groups in total. The summed E-state index contributed by atoms with van der Waals surface area (Å²) >= 11 is 0. The summed E-state index contributed by atoms with van der Waals surface area (Å²) in [6.45, 7) is 4.15. The first-order chi connectivity index (χ1) is 13.0. The minimum atomic E-state index is -4.47. The fourth-order valence-electron chi connectivity index (χ4n) is 3.40. The summed E-state index contributed by atoms with van der Waals surface area (Å²) in [7, 11) is 0. The first-order valence-electron chi connectivity index (χ1n) is 8.82. The van der Waals surface area contributed by atoms with Crippen LogP contribution in [0.3, 0.4) is 0 Å². The Balaban J connectivity index is 1.80. The van der Waals surface area contributed by atoms with Crippen molar-refractivity contribution in [2.75, 3.05) is 32.8 Å². The molecule has 0 atom stereocenters. The van der Waals surface area contributed by atoms with E-state index in [1.165, 1.54) is 6.20 Å². The molecule has 8 heteroatoms. The number of alkyl halides is 3. The van der Waals surface area contributed by atoms with Crippen molar-refractivity contribution in [1.29, 1.82) is 0 Å². The third kappa shape index (κ3) is 3.68. The third-order valence-corrected chi connectivity index (χ3v) is 4.73. The number of aromatic nitrogens is 3. The van der Waals surface area contributed by atoms with E-state index in [1.807, 2.05) is 18.2 Å². The Hall–Kier alpha value is -2.45. The minimum Gasteiger partial charge on any atom is -0.379 e. The maximum atomic E-state index is 13.6. The SMILES string of the molecule is FC(F)(F)c1ccnc2nn(CCN3CCOCC3)c(-c3ccccc3)c12. The van der Waals surface area contributed by atoms with Crippen LogP contribution in [0, 0.1) is 0 Å². The molecule has 1 aromatic carbocycles. The summed E-state index contributed by atoms with van der Waals surface area (Å²) in [5.74, 6) is 0. The zero-order valence-corrected chi connectivity index (χ0v) is 14.6. The number of benzene rings is 1. The lowest BCUT2D eigenvalue weighted by atomic mass is 10.0. The van der Waals surface area contributed by atoms with E-state index in [9.17, 15) is 13.2 Å². The molecule has 0 spiro atoms. The number of pyridine rings is 1.